The normalized spacial score (nSPS) is 17.1. The Kier molecular flexibility index (Phi) is 3.59. The minimum absolute atomic E-state index is 0.408. The van der Waals surface area contributed by atoms with E-state index >= 15 is 0 Å². The molecule has 0 amide bonds. The number of anilines is 1. The van der Waals surface area contributed by atoms with Crippen LogP contribution in [0.5, 0.6) is 0 Å². The van der Waals surface area contributed by atoms with Crippen molar-refractivity contribution in [1.82, 2.24) is 5.48 Å². The maximum atomic E-state index is 5.68. The predicted octanol–water partition coefficient (Wildman–Crippen LogP) is 2.23. The fraction of sp³-hybridized carbons (Fsp3) is 0.500. The zero-order valence-electron chi connectivity index (χ0n) is 8.91. The van der Waals surface area contributed by atoms with Gasteiger partial charge in [-0.1, -0.05) is 25.0 Å². The van der Waals surface area contributed by atoms with E-state index in [-0.39, 0.29) is 0 Å². The van der Waals surface area contributed by atoms with E-state index in [9.17, 15) is 0 Å². The lowest BCUT2D eigenvalue weighted by Crippen LogP contribution is -2.21. The molecule has 1 aromatic carbocycles. The van der Waals surface area contributed by atoms with Gasteiger partial charge in [-0.2, -0.15) is 5.48 Å². The number of nitrogens with one attached hydrogen (secondary N) is 1. The molecule has 0 radical (unpaired) electrons. The van der Waals surface area contributed by atoms with Gasteiger partial charge in [0.05, 0.1) is 6.10 Å². The largest absolute Gasteiger partial charge is 0.399 e. The molecule has 0 aliphatic heterocycles. The van der Waals surface area contributed by atoms with Crippen molar-refractivity contribution in [3.8, 4) is 0 Å². The van der Waals surface area contributed by atoms with Gasteiger partial charge in [0.1, 0.15) is 0 Å². The zero-order chi connectivity index (χ0) is 10.5. The number of rotatable bonds is 4. The van der Waals surface area contributed by atoms with Crippen LogP contribution in [0.1, 0.15) is 31.2 Å². The van der Waals surface area contributed by atoms with Crippen LogP contribution in [-0.2, 0) is 11.4 Å². The van der Waals surface area contributed by atoms with Crippen LogP contribution < -0.4 is 11.2 Å². The van der Waals surface area contributed by atoms with E-state index in [4.69, 9.17) is 10.6 Å². The lowest BCUT2D eigenvalue weighted by atomic mass is 10.2. The first-order chi connectivity index (χ1) is 7.34. The lowest BCUT2D eigenvalue weighted by molar-refractivity contribution is -0.0244. The fourth-order valence-corrected chi connectivity index (χ4v) is 1.95. The zero-order valence-corrected chi connectivity index (χ0v) is 8.91. The Hall–Kier alpha value is -1.06. The Labute approximate surface area is 90.6 Å². The van der Waals surface area contributed by atoms with E-state index < -0.39 is 0 Å². The van der Waals surface area contributed by atoms with E-state index in [0.29, 0.717) is 6.10 Å². The number of nitrogen functional groups attached to an aromatic ring is 1. The first kappa shape index (κ1) is 10.5. The second-order valence-electron chi connectivity index (χ2n) is 4.09. The summed E-state index contributed by atoms with van der Waals surface area (Å²) in [5.41, 5.74) is 10.7. The van der Waals surface area contributed by atoms with Crippen LogP contribution in [0.25, 0.3) is 0 Å². The van der Waals surface area contributed by atoms with Gasteiger partial charge in [-0.3, -0.25) is 4.84 Å². The molecule has 1 aliphatic carbocycles. The van der Waals surface area contributed by atoms with E-state index in [2.05, 4.69) is 5.48 Å². The number of hydrogen-bond acceptors (Lipinski definition) is 3. The minimum atomic E-state index is 0.408. The van der Waals surface area contributed by atoms with Crippen molar-refractivity contribution in [1.29, 1.82) is 0 Å². The predicted molar refractivity (Wildman–Crippen MR) is 61.0 cm³/mol. The molecule has 0 heterocycles. The summed E-state index contributed by atoms with van der Waals surface area (Å²) < 4.78 is 0. The standard InChI is InChI=1S/C12H18N2O/c13-11-5-3-4-10(8-11)9-14-15-12-6-1-2-7-12/h3-5,8,12,14H,1-2,6-7,9,13H2. The van der Waals surface area contributed by atoms with Crippen LogP contribution in [-0.4, -0.2) is 6.10 Å². The first-order valence-corrected chi connectivity index (χ1v) is 5.57. The molecule has 1 saturated carbocycles. The van der Waals surface area contributed by atoms with Gasteiger partial charge in [0, 0.05) is 12.2 Å². The van der Waals surface area contributed by atoms with Crippen LogP contribution in [0.4, 0.5) is 5.69 Å². The molecule has 0 saturated heterocycles. The molecule has 3 N–H and O–H groups in total. The summed E-state index contributed by atoms with van der Waals surface area (Å²) in [6.07, 6.45) is 5.37. The smallest absolute Gasteiger partial charge is 0.0790 e. The second kappa shape index (κ2) is 5.14. The maximum absolute atomic E-state index is 5.68. The Morgan fingerprint density at radius 3 is 2.87 bits per heavy atom. The molecular weight excluding hydrogens is 188 g/mol. The summed E-state index contributed by atoms with van der Waals surface area (Å²) in [6.45, 7) is 0.724. The first-order valence-electron chi connectivity index (χ1n) is 5.57. The number of hydrogen-bond donors (Lipinski definition) is 2. The molecule has 0 unspecified atom stereocenters. The van der Waals surface area contributed by atoms with Gasteiger partial charge in [-0.05, 0) is 30.5 Å². The van der Waals surface area contributed by atoms with Crippen molar-refractivity contribution in [3.05, 3.63) is 29.8 Å². The van der Waals surface area contributed by atoms with Crippen LogP contribution >= 0.6 is 0 Å². The van der Waals surface area contributed by atoms with Crippen molar-refractivity contribution in [2.24, 2.45) is 0 Å². The van der Waals surface area contributed by atoms with Crippen LogP contribution in [0.2, 0.25) is 0 Å². The van der Waals surface area contributed by atoms with Crippen molar-refractivity contribution < 1.29 is 4.84 Å². The summed E-state index contributed by atoms with van der Waals surface area (Å²) >= 11 is 0. The highest BCUT2D eigenvalue weighted by atomic mass is 16.7. The van der Waals surface area contributed by atoms with Crippen LogP contribution in [0, 0.1) is 0 Å². The van der Waals surface area contributed by atoms with Gasteiger partial charge in [-0.15, -0.1) is 0 Å². The SMILES string of the molecule is Nc1cccc(CNOC2CCCC2)c1. The molecule has 3 heteroatoms. The quantitative estimate of drug-likeness (QED) is 0.586. The van der Waals surface area contributed by atoms with Crippen molar-refractivity contribution in [3.63, 3.8) is 0 Å². The molecule has 15 heavy (non-hydrogen) atoms. The lowest BCUT2D eigenvalue weighted by Gasteiger charge is -2.11. The van der Waals surface area contributed by atoms with Crippen molar-refractivity contribution in [2.45, 2.75) is 38.3 Å². The topological polar surface area (TPSA) is 47.3 Å². The van der Waals surface area contributed by atoms with E-state index in [0.717, 1.165) is 17.8 Å². The summed E-state index contributed by atoms with van der Waals surface area (Å²) in [4.78, 5) is 5.56. The van der Waals surface area contributed by atoms with Crippen molar-refractivity contribution in [2.75, 3.05) is 5.73 Å². The summed E-state index contributed by atoms with van der Waals surface area (Å²) in [6, 6.07) is 7.86. The molecular formula is C12H18N2O. The Morgan fingerprint density at radius 1 is 1.33 bits per heavy atom. The molecule has 0 spiro atoms. The van der Waals surface area contributed by atoms with E-state index in [1.54, 1.807) is 0 Å². The molecule has 3 nitrogen and oxygen atoms in total. The number of hydroxylamine groups is 1. The molecule has 1 fully saturated rings. The van der Waals surface area contributed by atoms with Gasteiger partial charge in [0.25, 0.3) is 0 Å². The molecule has 0 atom stereocenters. The van der Waals surface area contributed by atoms with Crippen LogP contribution in [0.3, 0.4) is 0 Å². The van der Waals surface area contributed by atoms with E-state index in [1.807, 2.05) is 24.3 Å². The molecule has 1 aliphatic rings. The number of nitrogens with two attached hydrogens (primary N) is 1. The molecule has 0 bridgehead atoms. The molecule has 2 rings (SSSR count). The van der Waals surface area contributed by atoms with Gasteiger partial charge < -0.3 is 5.73 Å². The highest BCUT2D eigenvalue weighted by molar-refractivity contribution is 5.40. The Morgan fingerprint density at radius 2 is 2.13 bits per heavy atom. The minimum Gasteiger partial charge on any atom is -0.399 e. The summed E-state index contributed by atoms with van der Waals surface area (Å²) in [5.74, 6) is 0. The molecule has 82 valence electrons. The third kappa shape index (κ3) is 3.22. The Balaban J connectivity index is 1.73. The van der Waals surface area contributed by atoms with Gasteiger partial charge in [-0.25, -0.2) is 0 Å². The third-order valence-corrected chi connectivity index (χ3v) is 2.78. The second-order valence-corrected chi connectivity index (χ2v) is 4.09. The monoisotopic (exact) mass is 206 g/mol. The van der Waals surface area contributed by atoms with Gasteiger partial charge >= 0.3 is 0 Å². The van der Waals surface area contributed by atoms with E-state index in [1.165, 1.54) is 25.7 Å². The highest BCUT2D eigenvalue weighted by Gasteiger charge is 2.15. The Bertz CT molecular complexity index is 308. The molecule has 1 aromatic rings. The van der Waals surface area contributed by atoms with Crippen molar-refractivity contribution >= 4 is 5.69 Å². The fourth-order valence-electron chi connectivity index (χ4n) is 1.95. The average Bonchev–Trinajstić information content (AvgIpc) is 2.71. The number of benzene rings is 1. The summed E-state index contributed by atoms with van der Waals surface area (Å²) in [5, 5.41) is 0. The average molecular weight is 206 g/mol. The highest BCUT2D eigenvalue weighted by Crippen LogP contribution is 2.20. The molecule has 0 aromatic heterocycles. The van der Waals surface area contributed by atoms with Crippen LogP contribution in [0.15, 0.2) is 24.3 Å². The maximum Gasteiger partial charge on any atom is 0.0790 e. The summed E-state index contributed by atoms with van der Waals surface area (Å²) in [7, 11) is 0. The van der Waals surface area contributed by atoms with Gasteiger partial charge in [0.2, 0.25) is 0 Å². The third-order valence-electron chi connectivity index (χ3n) is 2.78. The van der Waals surface area contributed by atoms with Gasteiger partial charge in [0.15, 0.2) is 0 Å².